The molecule has 0 fully saturated rings. The van der Waals surface area contributed by atoms with Crippen LogP contribution in [0.4, 0.5) is 14.5 Å². The Hall–Kier alpha value is -1.36. The Kier molecular flexibility index (Phi) is 3.24. The van der Waals surface area contributed by atoms with Crippen LogP contribution in [0.15, 0.2) is 39.4 Å². The predicted molar refractivity (Wildman–Crippen MR) is 60.1 cm³/mol. The van der Waals surface area contributed by atoms with Crippen molar-refractivity contribution in [2.24, 2.45) is 0 Å². The third kappa shape index (κ3) is 2.41. The molecule has 2 rings (SSSR count). The van der Waals surface area contributed by atoms with E-state index in [4.69, 9.17) is 4.42 Å². The highest BCUT2D eigenvalue weighted by Gasteiger charge is 2.08. The maximum atomic E-state index is 13.3. The van der Waals surface area contributed by atoms with Gasteiger partial charge in [-0.15, -0.1) is 0 Å². The minimum Gasteiger partial charge on any atom is -0.467 e. The Morgan fingerprint density at radius 3 is 2.75 bits per heavy atom. The highest BCUT2D eigenvalue weighted by molar-refractivity contribution is 9.10. The van der Waals surface area contributed by atoms with E-state index in [0.29, 0.717) is 12.3 Å². The summed E-state index contributed by atoms with van der Waals surface area (Å²) in [4.78, 5) is 0. The lowest BCUT2D eigenvalue weighted by molar-refractivity contribution is 0.517. The van der Waals surface area contributed by atoms with Gasteiger partial charge in [0.05, 0.1) is 23.0 Å². The molecular weight excluding hydrogens is 280 g/mol. The molecule has 0 aliphatic rings. The SMILES string of the molecule is Fc1cc(F)c(NCc2ccco2)cc1Br. The van der Waals surface area contributed by atoms with Gasteiger partial charge in [0.1, 0.15) is 17.4 Å². The first-order chi connectivity index (χ1) is 7.66. The van der Waals surface area contributed by atoms with Crippen LogP contribution in [0.2, 0.25) is 0 Å². The van der Waals surface area contributed by atoms with E-state index in [2.05, 4.69) is 21.2 Å². The molecule has 0 saturated carbocycles. The topological polar surface area (TPSA) is 25.2 Å². The second-order valence-corrected chi connectivity index (χ2v) is 4.03. The van der Waals surface area contributed by atoms with Crippen molar-refractivity contribution in [3.05, 3.63) is 52.4 Å². The first kappa shape index (κ1) is 11.1. The van der Waals surface area contributed by atoms with Crippen LogP contribution >= 0.6 is 15.9 Å². The molecule has 2 aromatic rings. The number of hydrogen-bond donors (Lipinski definition) is 1. The summed E-state index contributed by atoms with van der Waals surface area (Å²) >= 11 is 2.99. The molecule has 0 unspecified atom stereocenters. The highest BCUT2D eigenvalue weighted by Crippen LogP contribution is 2.24. The zero-order chi connectivity index (χ0) is 11.5. The van der Waals surface area contributed by atoms with Crippen molar-refractivity contribution in [3.63, 3.8) is 0 Å². The monoisotopic (exact) mass is 287 g/mol. The van der Waals surface area contributed by atoms with Crippen molar-refractivity contribution >= 4 is 21.6 Å². The number of hydrogen-bond acceptors (Lipinski definition) is 2. The fraction of sp³-hybridized carbons (Fsp3) is 0.0909. The lowest BCUT2D eigenvalue weighted by Crippen LogP contribution is -2.01. The fourth-order valence-electron chi connectivity index (χ4n) is 1.25. The van der Waals surface area contributed by atoms with Gasteiger partial charge in [-0.25, -0.2) is 8.78 Å². The molecule has 0 amide bonds. The minimum atomic E-state index is -0.632. The van der Waals surface area contributed by atoms with E-state index in [-0.39, 0.29) is 10.2 Å². The smallest absolute Gasteiger partial charge is 0.149 e. The number of anilines is 1. The summed E-state index contributed by atoms with van der Waals surface area (Å²) in [6.07, 6.45) is 1.54. The quantitative estimate of drug-likeness (QED) is 0.866. The van der Waals surface area contributed by atoms with Crippen LogP contribution in [0.1, 0.15) is 5.76 Å². The maximum absolute atomic E-state index is 13.3. The van der Waals surface area contributed by atoms with Crippen molar-refractivity contribution in [1.82, 2.24) is 0 Å². The zero-order valence-electron chi connectivity index (χ0n) is 8.14. The second kappa shape index (κ2) is 4.65. The van der Waals surface area contributed by atoms with Gasteiger partial charge in [0, 0.05) is 6.07 Å². The van der Waals surface area contributed by atoms with E-state index in [1.54, 1.807) is 12.1 Å². The Morgan fingerprint density at radius 2 is 2.06 bits per heavy atom. The maximum Gasteiger partial charge on any atom is 0.149 e. The Morgan fingerprint density at radius 1 is 1.25 bits per heavy atom. The Labute approximate surface area is 99.4 Å². The summed E-state index contributed by atoms with van der Waals surface area (Å²) in [5.41, 5.74) is 0.227. The highest BCUT2D eigenvalue weighted by atomic mass is 79.9. The number of nitrogens with one attached hydrogen (secondary N) is 1. The summed E-state index contributed by atoms with van der Waals surface area (Å²) in [5.74, 6) is -0.576. The van der Waals surface area contributed by atoms with Gasteiger partial charge in [-0.2, -0.15) is 0 Å². The molecule has 1 aromatic heterocycles. The summed E-state index contributed by atoms with van der Waals surface area (Å²) in [6.45, 7) is 0.349. The van der Waals surface area contributed by atoms with Gasteiger partial charge in [-0.05, 0) is 34.1 Å². The van der Waals surface area contributed by atoms with E-state index < -0.39 is 11.6 Å². The van der Waals surface area contributed by atoms with E-state index in [1.807, 2.05) is 0 Å². The largest absolute Gasteiger partial charge is 0.467 e. The van der Waals surface area contributed by atoms with Crippen molar-refractivity contribution in [2.75, 3.05) is 5.32 Å². The molecule has 0 bridgehead atoms. The summed E-state index contributed by atoms with van der Waals surface area (Å²) in [7, 11) is 0. The lowest BCUT2D eigenvalue weighted by Gasteiger charge is -2.06. The summed E-state index contributed by atoms with van der Waals surface area (Å²) < 4.78 is 31.5. The second-order valence-electron chi connectivity index (χ2n) is 3.18. The van der Waals surface area contributed by atoms with E-state index in [9.17, 15) is 8.78 Å². The molecule has 84 valence electrons. The molecule has 2 nitrogen and oxygen atoms in total. The van der Waals surface area contributed by atoms with Gasteiger partial charge in [0.15, 0.2) is 0 Å². The van der Waals surface area contributed by atoms with Crippen LogP contribution < -0.4 is 5.32 Å². The third-order valence-electron chi connectivity index (χ3n) is 2.04. The fourth-order valence-corrected chi connectivity index (χ4v) is 1.60. The number of halogens is 3. The molecule has 0 radical (unpaired) electrons. The van der Waals surface area contributed by atoms with Gasteiger partial charge < -0.3 is 9.73 Å². The normalized spacial score (nSPS) is 10.4. The molecule has 16 heavy (non-hydrogen) atoms. The number of furan rings is 1. The van der Waals surface area contributed by atoms with E-state index >= 15 is 0 Å². The summed E-state index contributed by atoms with van der Waals surface area (Å²) in [6, 6.07) is 5.69. The van der Waals surface area contributed by atoms with Crippen LogP contribution in [-0.2, 0) is 6.54 Å². The molecule has 0 atom stereocenters. The van der Waals surface area contributed by atoms with Crippen LogP contribution in [0.3, 0.4) is 0 Å². The van der Waals surface area contributed by atoms with Crippen molar-refractivity contribution in [2.45, 2.75) is 6.54 Å². The molecule has 0 saturated heterocycles. The van der Waals surface area contributed by atoms with Gasteiger partial charge >= 0.3 is 0 Å². The average molecular weight is 288 g/mol. The van der Waals surface area contributed by atoms with Gasteiger partial charge in [0.2, 0.25) is 0 Å². The minimum absolute atomic E-state index is 0.218. The number of benzene rings is 1. The van der Waals surface area contributed by atoms with E-state index in [0.717, 1.165) is 6.07 Å². The van der Waals surface area contributed by atoms with Crippen molar-refractivity contribution in [3.8, 4) is 0 Å². The molecule has 0 aliphatic carbocycles. The molecule has 1 heterocycles. The average Bonchev–Trinajstić information content (AvgIpc) is 2.74. The van der Waals surface area contributed by atoms with Crippen LogP contribution in [-0.4, -0.2) is 0 Å². The standard InChI is InChI=1S/C11H8BrF2NO/c12-8-4-11(10(14)5-9(8)13)15-6-7-2-1-3-16-7/h1-5,15H,6H2. The van der Waals surface area contributed by atoms with Crippen molar-refractivity contribution < 1.29 is 13.2 Å². The molecule has 1 aromatic carbocycles. The molecule has 5 heteroatoms. The van der Waals surface area contributed by atoms with Gasteiger partial charge in [0.25, 0.3) is 0 Å². The van der Waals surface area contributed by atoms with Gasteiger partial charge in [-0.1, -0.05) is 0 Å². The zero-order valence-corrected chi connectivity index (χ0v) is 9.72. The molecular formula is C11H8BrF2NO. The lowest BCUT2D eigenvalue weighted by atomic mass is 10.3. The molecule has 1 N–H and O–H groups in total. The van der Waals surface area contributed by atoms with Crippen LogP contribution in [0, 0.1) is 11.6 Å². The van der Waals surface area contributed by atoms with E-state index in [1.165, 1.54) is 12.3 Å². The van der Waals surface area contributed by atoms with Crippen molar-refractivity contribution in [1.29, 1.82) is 0 Å². The Bertz CT molecular complexity index is 485. The first-order valence-corrected chi connectivity index (χ1v) is 5.37. The van der Waals surface area contributed by atoms with Crippen LogP contribution in [0.5, 0.6) is 0 Å². The predicted octanol–water partition coefficient (Wildman–Crippen LogP) is 3.93. The first-order valence-electron chi connectivity index (χ1n) is 4.57. The summed E-state index contributed by atoms with van der Waals surface area (Å²) in [5, 5.41) is 2.82. The Balaban J connectivity index is 2.12. The van der Waals surface area contributed by atoms with Gasteiger partial charge in [-0.3, -0.25) is 0 Å². The molecule has 0 spiro atoms. The number of rotatable bonds is 3. The van der Waals surface area contributed by atoms with Crippen LogP contribution in [0.25, 0.3) is 0 Å². The molecule has 0 aliphatic heterocycles. The third-order valence-corrected chi connectivity index (χ3v) is 2.65.